The zero-order chi connectivity index (χ0) is 16.7. The lowest BCUT2D eigenvalue weighted by atomic mass is 9.84. The highest BCUT2D eigenvalue weighted by Crippen LogP contribution is 2.37. The highest BCUT2D eigenvalue weighted by Gasteiger charge is 2.32. The van der Waals surface area contributed by atoms with Crippen LogP contribution in [0.5, 0.6) is 0 Å². The number of hydrogen-bond donors (Lipinski definition) is 0. The van der Waals surface area contributed by atoms with E-state index in [0.717, 1.165) is 4.90 Å². The van der Waals surface area contributed by atoms with Gasteiger partial charge in [0.05, 0.1) is 16.3 Å². The van der Waals surface area contributed by atoms with E-state index < -0.39 is 11.9 Å². The van der Waals surface area contributed by atoms with Crippen molar-refractivity contribution in [1.29, 1.82) is 0 Å². The molecule has 0 radical (unpaired) electrons. The molecule has 0 bridgehead atoms. The van der Waals surface area contributed by atoms with Gasteiger partial charge in [0.1, 0.15) is 6.09 Å². The van der Waals surface area contributed by atoms with Crippen LogP contribution in [0.4, 0.5) is 10.5 Å². The van der Waals surface area contributed by atoms with Gasteiger partial charge in [0, 0.05) is 23.2 Å². The van der Waals surface area contributed by atoms with Crippen molar-refractivity contribution < 1.29 is 19.5 Å². The maximum absolute atomic E-state index is 12.7. The lowest BCUT2D eigenvalue weighted by molar-refractivity contribution is -0.246. The van der Waals surface area contributed by atoms with Crippen LogP contribution in [0.3, 0.4) is 0 Å². The van der Waals surface area contributed by atoms with Gasteiger partial charge in [0.25, 0.3) is 0 Å². The van der Waals surface area contributed by atoms with Crippen LogP contribution in [0.1, 0.15) is 38.8 Å². The average molecular weight is 329 g/mol. The Morgan fingerprint density at radius 2 is 1.65 bits per heavy atom. The van der Waals surface area contributed by atoms with Crippen LogP contribution in [0.15, 0.2) is 36.4 Å². The first kappa shape index (κ1) is 15.2. The van der Waals surface area contributed by atoms with Crippen LogP contribution >= 0.6 is 11.6 Å². The summed E-state index contributed by atoms with van der Waals surface area (Å²) in [4.78, 5) is 37.3. The number of ketones is 2. The molecule has 0 fully saturated rings. The van der Waals surface area contributed by atoms with Gasteiger partial charge in [-0.1, -0.05) is 35.9 Å². The van der Waals surface area contributed by atoms with Crippen molar-refractivity contribution in [2.24, 2.45) is 0 Å². The molecule has 2 aromatic rings. The molecule has 1 aliphatic rings. The van der Waals surface area contributed by atoms with E-state index in [1.807, 2.05) is 0 Å². The molecule has 116 valence electrons. The van der Waals surface area contributed by atoms with Gasteiger partial charge in [0.2, 0.25) is 0 Å². The molecule has 0 aliphatic heterocycles. The van der Waals surface area contributed by atoms with Crippen molar-refractivity contribution in [3.05, 3.63) is 63.7 Å². The molecule has 2 aromatic carbocycles. The number of benzene rings is 2. The van der Waals surface area contributed by atoms with E-state index in [1.54, 1.807) is 31.2 Å². The fraction of sp³-hybridized carbons (Fsp3) is 0.118. The third kappa shape index (κ3) is 2.21. The van der Waals surface area contributed by atoms with E-state index in [9.17, 15) is 19.5 Å². The van der Waals surface area contributed by atoms with Crippen LogP contribution in [0, 0.1) is 0 Å². The third-order valence-corrected chi connectivity index (χ3v) is 4.22. The summed E-state index contributed by atoms with van der Waals surface area (Å²) in [7, 11) is 0. The zero-order valence-electron chi connectivity index (χ0n) is 12.1. The number of hydrogen-bond acceptors (Lipinski definition) is 4. The van der Waals surface area contributed by atoms with E-state index in [2.05, 4.69) is 0 Å². The minimum Gasteiger partial charge on any atom is -0.530 e. The average Bonchev–Trinajstić information content (AvgIpc) is 2.54. The summed E-state index contributed by atoms with van der Waals surface area (Å²) in [5, 5.41) is 11.1. The molecule has 0 N–H and O–H groups in total. The maximum atomic E-state index is 12.7. The first-order chi connectivity index (χ1) is 11.0. The first-order valence-corrected chi connectivity index (χ1v) is 7.34. The van der Waals surface area contributed by atoms with Gasteiger partial charge in [-0.15, -0.1) is 0 Å². The van der Waals surface area contributed by atoms with Crippen LogP contribution in [0.2, 0.25) is 5.02 Å². The Kier molecular flexibility index (Phi) is 3.66. The van der Waals surface area contributed by atoms with E-state index in [4.69, 9.17) is 11.6 Å². The van der Waals surface area contributed by atoms with Crippen molar-refractivity contribution in [2.75, 3.05) is 11.4 Å². The highest BCUT2D eigenvalue weighted by atomic mass is 35.5. The van der Waals surface area contributed by atoms with E-state index in [-0.39, 0.29) is 39.7 Å². The fourth-order valence-electron chi connectivity index (χ4n) is 2.74. The summed E-state index contributed by atoms with van der Waals surface area (Å²) in [6.07, 6.45) is -1.43. The third-order valence-electron chi connectivity index (χ3n) is 3.84. The number of anilines is 1. The predicted molar refractivity (Wildman–Crippen MR) is 83.2 cm³/mol. The summed E-state index contributed by atoms with van der Waals surface area (Å²) >= 11 is 6.27. The SMILES string of the molecule is CCN(C(=O)[O-])c1ccc2c(c1Cl)C(=O)c1ccccc1C2=O. The van der Waals surface area contributed by atoms with Crippen molar-refractivity contribution in [3.63, 3.8) is 0 Å². The summed E-state index contributed by atoms with van der Waals surface area (Å²) in [5.41, 5.74) is 0.930. The molecule has 0 atom stereocenters. The van der Waals surface area contributed by atoms with Crippen molar-refractivity contribution in [1.82, 2.24) is 0 Å². The normalized spacial score (nSPS) is 12.6. The molecule has 1 aliphatic carbocycles. The van der Waals surface area contributed by atoms with E-state index >= 15 is 0 Å². The number of halogens is 1. The zero-order valence-corrected chi connectivity index (χ0v) is 12.9. The van der Waals surface area contributed by atoms with Gasteiger partial charge in [-0.3, -0.25) is 9.59 Å². The van der Waals surface area contributed by atoms with E-state index in [1.165, 1.54) is 12.1 Å². The molecule has 3 rings (SSSR count). The molecular formula is C17H11ClNO4-. The molecule has 0 heterocycles. The molecule has 6 heteroatoms. The fourth-order valence-corrected chi connectivity index (χ4v) is 3.09. The number of amides is 1. The van der Waals surface area contributed by atoms with Crippen molar-refractivity contribution >= 4 is 34.9 Å². The number of nitrogens with zero attached hydrogens (tertiary/aromatic N) is 1. The highest BCUT2D eigenvalue weighted by molar-refractivity contribution is 6.41. The molecule has 0 saturated heterocycles. The van der Waals surface area contributed by atoms with E-state index in [0.29, 0.717) is 5.56 Å². The standard InChI is InChI=1S/C17H12ClNO4/c1-2-19(17(22)23)12-8-7-11-13(14(12)18)16(21)10-6-4-3-5-9(10)15(11)20/h3-8H,2H2,1H3,(H,22,23)/p-1. The summed E-state index contributed by atoms with van der Waals surface area (Å²) in [5.74, 6) is -0.698. The smallest absolute Gasteiger partial charge is 0.196 e. The molecule has 0 aromatic heterocycles. The first-order valence-electron chi connectivity index (χ1n) is 6.96. The Morgan fingerprint density at radius 1 is 1.04 bits per heavy atom. The molecule has 0 unspecified atom stereocenters. The number of carboxylic acid groups (broad SMARTS) is 1. The number of fused-ring (bicyclic) bond motifs is 2. The Labute approximate surface area is 137 Å². The summed E-state index contributed by atoms with van der Waals surface area (Å²) in [6.45, 7) is 1.73. The lowest BCUT2D eigenvalue weighted by Gasteiger charge is -2.27. The lowest BCUT2D eigenvalue weighted by Crippen LogP contribution is -2.41. The van der Waals surface area contributed by atoms with Crippen molar-refractivity contribution in [2.45, 2.75) is 6.92 Å². The van der Waals surface area contributed by atoms with Gasteiger partial charge < -0.3 is 14.8 Å². The second-order valence-corrected chi connectivity index (χ2v) is 5.41. The van der Waals surface area contributed by atoms with Gasteiger partial charge in [-0.05, 0) is 19.1 Å². The Hall–Kier alpha value is -2.66. The van der Waals surface area contributed by atoms with Gasteiger partial charge >= 0.3 is 0 Å². The second-order valence-electron chi connectivity index (χ2n) is 5.04. The number of carbonyl (C=O) groups excluding carboxylic acids is 3. The quantitative estimate of drug-likeness (QED) is 0.723. The minimum atomic E-state index is -1.43. The van der Waals surface area contributed by atoms with Crippen LogP contribution in [0.25, 0.3) is 0 Å². The number of carbonyl (C=O) groups is 3. The molecule has 1 amide bonds. The Bertz CT molecular complexity index is 860. The minimum absolute atomic E-state index is 0.0348. The molecular weight excluding hydrogens is 318 g/mol. The van der Waals surface area contributed by atoms with Crippen molar-refractivity contribution in [3.8, 4) is 0 Å². The Balaban J connectivity index is 2.24. The van der Waals surface area contributed by atoms with Crippen LogP contribution < -0.4 is 10.0 Å². The van der Waals surface area contributed by atoms with Gasteiger partial charge in [-0.2, -0.15) is 0 Å². The molecule has 0 saturated carbocycles. The molecule has 5 nitrogen and oxygen atoms in total. The van der Waals surface area contributed by atoms with Crippen LogP contribution in [-0.2, 0) is 0 Å². The van der Waals surface area contributed by atoms with Gasteiger partial charge in [-0.25, -0.2) is 0 Å². The summed E-state index contributed by atoms with van der Waals surface area (Å²) < 4.78 is 0. The molecule has 23 heavy (non-hydrogen) atoms. The molecule has 0 spiro atoms. The van der Waals surface area contributed by atoms with Gasteiger partial charge in [0.15, 0.2) is 11.6 Å². The topological polar surface area (TPSA) is 77.5 Å². The largest absolute Gasteiger partial charge is 0.530 e. The monoisotopic (exact) mass is 328 g/mol. The Morgan fingerprint density at radius 3 is 2.22 bits per heavy atom. The number of rotatable bonds is 2. The maximum Gasteiger partial charge on any atom is 0.196 e. The summed E-state index contributed by atoms with van der Waals surface area (Å²) in [6, 6.07) is 9.32. The van der Waals surface area contributed by atoms with Crippen LogP contribution in [-0.4, -0.2) is 24.2 Å². The second kappa shape index (κ2) is 5.52. The predicted octanol–water partition coefficient (Wildman–Crippen LogP) is 2.29.